The van der Waals surface area contributed by atoms with E-state index in [1.165, 1.54) is 17.7 Å². The molecule has 0 amide bonds. The van der Waals surface area contributed by atoms with Gasteiger partial charge in [0.1, 0.15) is 0 Å². The highest BCUT2D eigenvalue weighted by Crippen LogP contribution is 2.49. The average molecular weight is 588 g/mol. The van der Waals surface area contributed by atoms with Crippen LogP contribution in [0.3, 0.4) is 0 Å². The third-order valence-corrected chi connectivity index (χ3v) is 8.66. The monoisotopic (exact) mass is 587 g/mol. The standard InChI is InChI=1S/C39H41NO2S/c1-7-17-34(36(40)27-41)38(42)28(3)24-33-25-29(4)39(5,6)35-26-30(22-23-37(35)43-33)18-13-11-9-10-12-14-20-32-21-16-15-19-31(32)8-2/h7-22,24-26,37,40-41H,1-2,4,23,27H2,3,5-6H3/b11-9-,12-10+,18-13-,20-14-,28-24-,34-17+,40-36?. The molecule has 1 aliphatic heterocycles. The van der Waals surface area contributed by atoms with E-state index in [1.807, 2.05) is 60.7 Å². The fourth-order valence-electron chi connectivity index (χ4n) is 4.76. The predicted octanol–water partition coefficient (Wildman–Crippen LogP) is 9.49. The molecular formula is C39H41NO2S. The zero-order chi connectivity index (χ0) is 31.4. The van der Waals surface area contributed by atoms with Gasteiger partial charge in [0.05, 0.1) is 12.3 Å². The Morgan fingerprint density at radius 1 is 1.05 bits per heavy atom. The number of hydrogen-bond donors (Lipinski definition) is 2. The molecule has 1 atom stereocenters. The van der Waals surface area contributed by atoms with Crippen LogP contribution in [0.5, 0.6) is 0 Å². The van der Waals surface area contributed by atoms with Crippen molar-refractivity contribution in [2.75, 3.05) is 6.61 Å². The number of nitrogens with one attached hydrogen (secondary N) is 1. The minimum Gasteiger partial charge on any atom is -0.390 e. The molecule has 0 saturated heterocycles. The molecule has 1 aliphatic carbocycles. The maximum atomic E-state index is 13.1. The number of allylic oxidation sites excluding steroid dienone is 16. The Bertz CT molecular complexity index is 1560. The van der Waals surface area contributed by atoms with Gasteiger partial charge in [0, 0.05) is 21.1 Å². The molecule has 1 aromatic carbocycles. The Morgan fingerprint density at radius 2 is 1.70 bits per heavy atom. The summed E-state index contributed by atoms with van der Waals surface area (Å²) in [5, 5.41) is 17.6. The van der Waals surface area contributed by atoms with Crippen LogP contribution in [-0.2, 0) is 4.79 Å². The van der Waals surface area contributed by atoms with E-state index < -0.39 is 6.61 Å². The number of carbonyl (C=O) groups excluding carboxylic acids is 1. The quantitative estimate of drug-likeness (QED) is 0.145. The summed E-state index contributed by atoms with van der Waals surface area (Å²) >= 11 is 1.73. The van der Waals surface area contributed by atoms with E-state index in [4.69, 9.17) is 5.41 Å². The lowest BCUT2D eigenvalue weighted by Crippen LogP contribution is -2.24. The number of carbonyl (C=O) groups is 1. The SMILES string of the molecule is C=C/C=C(\C(=N)CO)C(=O)/C(C)=C\C1=CC(=C)C(C)(C)C2=CC(\C=C/C=C\C=C\C=C/c3ccccc3C=C)=CCC2S1. The first-order valence-electron chi connectivity index (χ1n) is 14.3. The maximum Gasteiger partial charge on any atom is 0.190 e. The summed E-state index contributed by atoms with van der Waals surface area (Å²) in [6.45, 7) is 17.5. The summed E-state index contributed by atoms with van der Waals surface area (Å²) in [4.78, 5) is 14.0. The van der Waals surface area contributed by atoms with Crippen molar-refractivity contribution in [1.82, 2.24) is 0 Å². The number of benzene rings is 1. The van der Waals surface area contributed by atoms with Crippen LogP contribution < -0.4 is 0 Å². The van der Waals surface area contributed by atoms with Crippen molar-refractivity contribution in [3.05, 3.63) is 167 Å². The molecule has 0 radical (unpaired) electrons. The second-order valence-electron chi connectivity index (χ2n) is 10.8. The summed E-state index contributed by atoms with van der Waals surface area (Å²) in [5.41, 5.74) is 5.97. The first-order valence-corrected chi connectivity index (χ1v) is 15.1. The summed E-state index contributed by atoms with van der Waals surface area (Å²) < 4.78 is 0. The van der Waals surface area contributed by atoms with E-state index in [0.717, 1.165) is 33.6 Å². The lowest BCUT2D eigenvalue weighted by molar-refractivity contribution is -0.111. The summed E-state index contributed by atoms with van der Waals surface area (Å²) in [7, 11) is 0. The van der Waals surface area contributed by atoms with E-state index in [2.05, 4.69) is 76.1 Å². The summed E-state index contributed by atoms with van der Waals surface area (Å²) in [5.74, 6) is -0.293. The Kier molecular flexibility index (Phi) is 12.2. The molecule has 43 heavy (non-hydrogen) atoms. The lowest BCUT2D eigenvalue weighted by Gasteiger charge is -2.34. The molecule has 3 nitrogen and oxygen atoms in total. The highest BCUT2D eigenvalue weighted by Gasteiger charge is 2.35. The zero-order valence-electron chi connectivity index (χ0n) is 25.3. The highest BCUT2D eigenvalue weighted by molar-refractivity contribution is 8.04. The molecule has 0 spiro atoms. The second-order valence-corrected chi connectivity index (χ2v) is 12.0. The first kappa shape index (κ1) is 33.3. The molecule has 220 valence electrons. The van der Waals surface area contributed by atoms with Crippen molar-refractivity contribution in [3.8, 4) is 0 Å². The molecule has 4 heteroatoms. The van der Waals surface area contributed by atoms with E-state index in [-0.39, 0.29) is 27.7 Å². The number of thioether (sulfide) groups is 1. The molecule has 1 unspecified atom stereocenters. The fourth-order valence-corrected chi connectivity index (χ4v) is 6.23. The van der Waals surface area contributed by atoms with Gasteiger partial charge in [-0.1, -0.05) is 131 Å². The molecule has 1 heterocycles. The second kappa shape index (κ2) is 15.8. The van der Waals surface area contributed by atoms with Crippen LogP contribution in [0.4, 0.5) is 0 Å². The number of ketones is 1. The van der Waals surface area contributed by atoms with E-state index in [1.54, 1.807) is 18.7 Å². The minimum atomic E-state index is -0.504. The van der Waals surface area contributed by atoms with Crippen LogP contribution in [-0.4, -0.2) is 28.5 Å². The number of aliphatic hydroxyl groups is 1. The van der Waals surface area contributed by atoms with Crippen LogP contribution in [0.1, 0.15) is 38.3 Å². The van der Waals surface area contributed by atoms with Crippen LogP contribution in [0, 0.1) is 10.8 Å². The van der Waals surface area contributed by atoms with Gasteiger partial charge in [0.15, 0.2) is 5.78 Å². The van der Waals surface area contributed by atoms with Crippen molar-refractivity contribution in [2.24, 2.45) is 5.41 Å². The molecule has 2 N–H and O–H groups in total. The van der Waals surface area contributed by atoms with Gasteiger partial charge in [-0.15, -0.1) is 11.8 Å². The van der Waals surface area contributed by atoms with Crippen LogP contribution in [0.2, 0.25) is 0 Å². The molecule has 2 aliphatic rings. The maximum absolute atomic E-state index is 13.1. The zero-order valence-corrected chi connectivity index (χ0v) is 26.2. The van der Waals surface area contributed by atoms with E-state index in [9.17, 15) is 9.90 Å². The fraction of sp³-hybridized carbons (Fsp3) is 0.179. The van der Waals surface area contributed by atoms with Gasteiger partial charge in [0.2, 0.25) is 0 Å². The van der Waals surface area contributed by atoms with Crippen molar-refractivity contribution in [3.63, 3.8) is 0 Å². The smallest absolute Gasteiger partial charge is 0.190 e. The summed E-state index contributed by atoms with van der Waals surface area (Å²) in [6, 6.07) is 8.15. The molecule has 0 saturated carbocycles. The summed E-state index contributed by atoms with van der Waals surface area (Å²) in [6.07, 6.45) is 30.4. The Hall–Kier alpha value is -4.25. The third-order valence-electron chi connectivity index (χ3n) is 7.42. The van der Waals surface area contributed by atoms with Crippen LogP contribution >= 0.6 is 11.8 Å². The Balaban J connectivity index is 1.70. The van der Waals surface area contributed by atoms with Gasteiger partial charge in [-0.05, 0) is 65.0 Å². The van der Waals surface area contributed by atoms with Crippen molar-refractivity contribution in [1.29, 1.82) is 5.41 Å². The van der Waals surface area contributed by atoms with Gasteiger partial charge >= 0.3 is 0 Å². The normalized spacial score (nSPS) is 19.3. The first-order chi connectivity index (χ1) is 20.6. The Labute approximate surface area is 261 Å². The largest absolute Gasteiger partial charge is 0.390 e. The van der Waals surface area contributed by atoms with Crippen molar-refractivity contribution < 1.29 is 9.90 Å². The topological polar surface area (TPSA) is 61.1 Å². The number of rotatable bonds is 12. The third kappa shape index (κ3) is 8.87. The van der Waals surface area contributed by atoms with Gasteiger partial charge in [-0.25, -0.2) is 0 Å². The predicted molar refractivity (Wildman–Crippen MR) is 188 cm³/mol. The average Bonchev–Trinajstić information content (AvgIpc) is 3.09. The molecule has 0 fully saturated rings. The van der Waals surface area contributed by atoms with E-state index >= 15 is 0 Å². The van der Waals surface area contributed by atoms with Crippen molar-refractivity contribution in [2.45, 2.75) is 32.4 Å². The number of aliphatic hydroxyl groups excluding tert-OH is 1. The van der Waals surface area contributed by atoms with Gasteiger partial charge in [0.25, 0.3) is 0 Å². The molecular weight excluding hydrogens is 547 g/mol. The van der Waals surface area contributed by atoms with Crippen LogP contribution in [0.15, 0.2) is 156 Å². The molecule has 3 rings (SSSR count). The van der Waals surface area contributed by atoms with Gasteiger partial charge in [-0.3, -0.25) is 4.79 Å². The number of hydrogen-bond acceptors (Lipinski definition) is 4. The highest BCUT2D eigenvalue weighted by atomic mass is 32.2. The van der Waals surface area contributed by atoms with Gasteiger partial charge < -0.3 is 10.5 Å². The molecule has 0 aromatic heterocycles. The molecule has 1 aromatic rings. The van der Waals surface area contributed by atoms with E-state index in [0.29, 0.717) is 5.57 Å². The number of Topliss-reactive ketones (excluding diaryl/α,β-unsaturated/α-hetero) is 1. The van der Waals surface area contributed by atoms with Crippen LogP contribution in [0.25, 0.3) is 12.2 Å². The van der Waals surface area contributed by atoms with Crippen molar-refractivity contribution >= 4 is 35.4 Å². The Morgan fingerprint density at radius 3 is 2.35 bits per heavy atom. The number of fused-ring (bicyclic) bond motifs is 1. The van der Waals surface area contributed by atoms with Gasteiger partial charge in [-0.2, -0.15) is 0 Å². The minimum absolute atomic E-state index is 0.123. The molecule has 0 bridgehead atoms. The lowest BCUT2D eigenvalue weighted by atomic mass is 9.73.